The molecule has 0 unspecified atom stereocenters. The predicted molar refractivity (Wildman–Crippen MR) is 106 cm³/mol. The molecule has 0 bridgehead atoms. The molecule has 8 heteroatoms. The van der Waals surface area contributed by atoms with Gasteiger partial charge in [-0.3, -0.25) is 4.79 Å². The summed E-state index contributed by atoms with van der Waals surface area (Å²) < 4.78 is 5.55. The van der Waals surface area contributed by atoms with Gasteiger partial charge in [-0.25, -0.2) is 4.79 Å². The van der Waals surface area contributed by atoms with Gasteiger partial charge in [0.05, 0.1) is 22.2 Å². The highest BCUT2D eigenvalue weighted by Gasteiger charge is 2.15. The zero-order chi connectivity index (χ0) is 20.3. The van der Waals surface area contributed by atoms with Crippen LogP contribution in [-0.4, -0.2) is 23.6 Å². The smallest absolute Gasteiger partial charge is 0.335 e. The maximum Gasteiger partial charge on any atom is 0.335 e. The SMILES string of the molecule is N#Cc1ccc(NC(=O)COc2cc(C(=O)O)cc3cc(Cl)cc(Cl)c23)cc1. The number of carboxylic acid groups (broad SMARTS) is 1. The minimum absolute atomic E-state index is 0.0201. The van der Waals surface area contributed by atoms with E-state index in [0.717, 1.165) is 0 Å². The molecule has 0 heterocycles. The Hall–Kier alpha value is -3.27. The minimum Gasteiger partial charge on any atom is -0.483 e. The van der Waals surface area contributed by atoms with Crippen LogP contribution in [0.3, 0.4) is 0 Å². The van der Waals surface area contributed by atoms with E-state index < -0.39 is 11.9 Å². The van der Waals surface area contributed by atoms with Gasteiger partial charge in [0, 0.05) is 16.1 Å². The first-order valence-corrected chi connectivity index (χ1v) is 8.72. The van der Waals surface area contributed by atoms with Crippen LogP contribution in [0.2, 0.25) is 10.0 Å². The molecule has 0 saturated carbocycles. The molecule has 3 aromatic rings. The Balaban J connectivity index is 1.83. The van der Waals surface area contributed by atoms with Crippen LogP contribution in [0.15, 0.2) is 48.5 Å². The number of benzene rings is 3. The molecule has 0 saturated heterocycles. The number of hydrogen-bond acceptors (Lipinski definition) is 4. The number of nitriles is 1. The molecule has 0 aliphatic carbocycles. The lowest BCUT2D eigenvalue weighted by molar-refractivity contribution is -0.118. The second-order valence-corrected chi connectivity index (χ2v) is 6.63. The Morgan fingerprint density at radius 2 is 1.82 bits per heavy atom. The summed E-state index contributed by atoms with van der Waals surface area (Å²) in [6, 6.07) is 14.1. The summed E-state index contributed by atoms with van der Waals surface area (Å²) >= 11 is 12.2. The number of nitrogens with zero attached hydrogens (tertiary/aromatic N) is 1. The fourth-order valence-electron chi connectivity index (χ4n) is 2.60. The summed E-state index contributed by atoms with van der Waals surface area (Å²) in [5, 5.41) is 22.3. The highest BCUT2D eigenvalue weighted by molar-refractivity contribution is 6.39. The molecule has 0 spiro atoms. The first-order chi connectivity index (χ1) is 13.4. The van der Waals surface area contributed by atoms with Gasteiger partial charge in [0.15, 0.2) is 6.61 Å². The van der Waals surface area contributed by atoms with Crippen LogP contribution >= 0.6 is 23.2 Å². The van der Waals surface area contributed by atoms with Crippen LogP contribution < -0.4 is 10.1 Å². The first kappa shape index (κ1) is 19.5. The van der Waals surface area contributed by atoms with E-state index in [-0.39, 0.29) is 22.9 Å². The summed E-state index contributed by atoms with van der Waals surface area (Å²) in [6.07, 6.45) is 0. The lowest BCUT2D eigenvalue weighted by Gasteiger charge is -2.12. The van der Waals surface area contributed by atoms with Crippen LogP contribution in [0.1, 0.15) is 15.9 Å². The lowest BCUT2D eigenvalue weighted by atomic mass is 10.1. The Kier molecular flexibility index (Phi) is 5.69. The summed E-state index contributed by atoms with van der Waals surface area (Å²) in [4.78, 5) is 23.5. The summed E-state index contributed by atoms with van der Waals surface area (Å²) in [5.74, 6) is -1.44. The van der Waals surface area contributed by atoms with Gasteiger partial charge in [0.25, 0.3) is 5.91 Å². The number of amides is 1. The third-order valence-corrected chi connectivity index (χ3v) is 4.35. The van der Waals surface area contributed by atoms with Crippen LogP contribution in [0.4, 0.5) is 5.69 Å². The maximum absolute atomic E-state index is 12.2. The topological polar surface area (TPSA) is 99.4 Å². The molecular weight excluding hydrogens is 403 g/mol. The van der Waals surface area contributed by atoms with Crippen molar-refractivity contribution in [2.24, 2.45) is 0 Å². The highest BCUT2D eigenvalue weighted by atomic mass is 35.5. The van der Waals surface area contributed by atoms with Crippen LogP contribution in [0.5, 0.6) is 5.75 Å². The molecule has 0 aromatic heterocycles. The summed E-state index contributed by atoms with van der Waals surface area (Å²) in [7, 11) is 0. The fourth-order valence-corrected chi connectivity index (χ4v) is 3.20. The number of aromatic carboxylic acids is 1. The average molecular weight is 415 g/mol. The molecule has 0 atom stereocenters. The monoisotopic (exact) mass is 414 g/mol. The quantitative estimate of drug-likeness (QED) is 0.628. The number of carbonyl (C=O) groups excluding carboxylic acids is 1. The predicted octanol–water partition coefficient (Wildman–Crippen LogP) is 4.73. The molecule has 0 fully saturated rings. The molecule has 0 aliphatic heterocycles. The third kappa shape index (κ3) is 4.34. The van der Waals surface area contributed by atoms with Crippen molar-refractivity contribution in [3.05, 3.63) is 69.7 Å². The Bertz CT molecular complexity index is 1120. The number of hydrogen-bond donors (Lipinski definition) is 2. The normalized spacial score (nSPS) is 10.3. The minimum atomic E-state index is -1.15. The van der Waals surface area contributed by atoms with E-state index in [2.05, 4.69) is 5.32 Å². The van der Waals surface area contributed by atoms with Crippen molar-refractivity contribution in [3.8, 4) is 11.8 Å². The molecule has 1 amide bonds. The molecule has 140 valence electrons. The van der Waals surface area contributed by atoms with E-state index >= 15 is 0 Å². The van der Waals surface area contributed by atoms with Crippen molar-refractivity contribution >= 4 is 51.5 Å². The van der Waals surface area contributed by atoms with Gasteiger partial charge >= 0.3 is 5.97 Å². The molecule has 28 heavy (non-hydrogen) atoms. The number of anilines is 1. The van der Waals surface area contributed by atoms with Gasteiger partial charge in [-0.2, -0.15) is 5.26 Å². The standard InChI is InChI=1S/C20H12Cl2N2O4/c21-14-6-12-5-13(20(26)27)7-17(19(12)16(22)8-14)28-10-18(25)24-15-3-1-11(9-23)2-4-15/h1-8H,10H2,(H,24,25)(H,26,27). The van der Waals surface area contributed by atoms with E-state index in [1.54, 1.807) is 30.3 Å². The summed E-state index contributed by atoms with van der Waals surface area (Å²) in [6.45, 7) is -0.364. The summed E-state index contributed by atoms with van der Waals surface area (Å²) in [5.41, 5.74) is 0.953. The van der Waals surface area contributed by atoms with Crippen molar-refractivity contribution in [1.29, 1.82) is 5.26 Å². The third-order valence-electron chi connectivity index (χ3n) is 3.83. The largest absolute Gasteiger partial charge is 0.483 e. The number of carboxylic acids is 1. The molecule has 3 aromatic carbocycles. The number of rotatable bonds is 5. The highest BCUT2D eigenvalue weighted by Crippen LogP contribution is 2.36. The van der Waals surface area contributed by atoms with Crippen molar-refractivity contribution < 1.29 is 19.4 Å². The van der Waals surface area contributed by atoms with Gasteiger partial charge in [-0.05, 0) is 53.9 Å². The zero-order valence-corrected chi connectivity index (χ0v) is 15.7. The molecule has 2 N–H and O–H groups in total. The number of ether oxygens (including phenoxy) is 1. The Labute approximate surface area is 169 Å². The van der Waals surface area contributed by atoms with E-state index in [1.165, 1.54) is 18.2 Å². The second kappa shape index (κ2) is 8.17. The second-order valence-electron chi connectivity index (χ2n) is 5.79. The molecule has 0 radical (unpaired) electrons. The van der Waals surface area contributed by atoms with Gasteiger partial charge in [0.1, 0.15) is 5.75 Å². The fraction of sp³-hybridized carbons (Fsp3) is 0.0500. The average Bonchev–Trinajstić information content (AvgIpc) is 2.66. The molecule has 3 rings (SSSR count). The van der Waals surface area contributed by atoms with Crippen molar-refractivity contribution in [1.82, 2.24) is 0 Å². The van der Waals surface area contributed by atoms with Crippen LogP contribution in [-0.2, 0) is 4.79 Å². The van der Waals surface area contributed by atoms with Crippen molar-refractivity contribution in [2.75, 3.05) is 11.9 Å². The van der Waals surface area contributed by atoms with Crippen molar-refractivity contribution in [2.45, 2.75) is 0 Å². The van der Waals surface area contributed by atoms with Crippen LogP contribution in [0, 0.1) is 11.3 Å². The van der Waals surface area contributed by atoms with Gasteiger partial charge < -0.3 is 15.2 Å². The maximum atomic E-state index is 12.2. The zero-order valence-electron chi connectivity index (χ0n) is 14.2. The number of fused-ring (bicyclic) bond motifs is 1. The Morgan fingerprint density at radius 3 is 2.46 bits per heavy atom. The van der Waals surface area contributed by atoms with Crippen molar-refractivity contribution in [3.63, 3.8) is 0 Å². The Morgan fingerprint density at radius 1 is 1.11 bits per heavy atom. The molecular formula is C20H12Cl2N2O4. The van der Waals surface area contributed by atoms with E-state index in [4.69, 9.17) is 33.2 Å². The van der Waals surface area contributed by atoms with Crippen LogP contribution in [0.25, 0.3) is 10.8 Å². The van der Waals surface area contributed by atoms with Gasteiger partial charge in [-0.15, -0.1) is 0 Å². The van der Waals surface area contributed by atoms with Gasteiger partial charge in [-0.1, -0.05) is 23.2 Å². The molecule has 0 aliphatic rings. The number of carbonyl (C=O) groups is 2. The number of halogens is 2. The van der Waals surface area contributed by atoms with E-state index in [9.17, 15) is 14.7 Å². The van der Waals surface area contributed by atoms with E-state index in [0.29, 0.717) is 27.0 Å². The van der Waals surface area contributed by atoms with Gasteiger partial charge in [0.2, 0.25) is 0 Å². The first-order valence-electron chi connectivity index (χ1n) is 7.96. The van der Waals surface area contributed by atoms with E-state index in [1.807, 2.05) is 6.07 Å². The lowest BCUT2D eigenvalue weighted by Crippen LogP contribution is -2.20. The molecule has 6 nitrogen and oxygen atoms in total. The number of nitrogens with one attached hydrogen (secondary N) is 1.